The molecule has 0 unspecified atom stereocenters. The van der Waals surface area contributed by atoms with Gasteiger partial charge in [-0.1, -0.05) is 18.7 Å². The molecule has 0 aliphatic carbocycles. The summed E-state index contributed by atoms with van der Waals surface area (Å²) in [6.45, 7) is 12.6. The number of fused-ring (bicyclic) bond motifs is 1. The Morgan fingerprint density at radius 3 is 2.89 bits per heavy atom. The average Bonchev–Trinajstić information content (AvgIpc) is 3.30. The van der Waals surface area contributed by atoms with Crippen molar-refractivity contribution in [1.29, 1.82) is 0 Å². The summed E-state index contributed by atoms with van der Waals surface area (Å²) in [7, 11) is 2.16. The summed E-state index contributed by atoms with van der Waals surface area (Å²) in [5.74, 6) is 1.46. The van der Waals surface area contributed by atoms with Crippen molar-refractivity contribution >= 4 is 22.8 Å². The zero-order valence-corrected chi connectivity index (χ0v) is 21.9. The number of nitrogens with zero attached hydrogens (tertiary/aromatic N) is 5. The molecule has 1 aromatic carbocycles. The van der Waals surface area contributed by atoms with Gasteiger partial charge in [-0.05, 0) is 64.0 Å². The van der Waals surface area contributed by atoms with Crippen LogP contribution in [0.25, 0.3) is 22.3 Å². The van der Waals surface area contributed by atoms with E-state index in [9.17, 15) is 0 Å². The number of pyridine rings is 1. The fourth-order valence-electron chi connectivity index (χ4n) is 5.30. The van der Waals surface area contributed by atoms with Gasteiger partial charge in [0.1, 0.15) is 24.0 Å². The number of ether oxygens (including phenoxy) is 1. The topological polar surface area (TPSA) is 78.4 Å². The third kappa shape index (κ3) is 5.24. The average molecular weight is 506 g/mol. The molecule has 2 aliphatic rings. The van der Waals surface area contributed by atoms with E-state index in [4.69, 9.17) is 19.7 Å². The quantitative estimate of drug-likeness (QED) is 0.445. The molecule has 0 amide bonds. The van der Waals surface area contributed by atoms with Gasteiger partial charge in [-0.25, -0.2) is 9.37 Å². The SMILES string of the molecule is C=CCOc1cccc(F)c1-c1nc2nc(NC[C@@H]3CCCN3C)nc(N3CCNC[C@H]3C)c2cc1C. The van der Waals surface area contributed by atoms with Crippen LogP contribution in [0.2, 0.25) is 0 Å². The number of aryl methyl sites for hydroxylation is 1. The lowest BCUT2D eigenvalue weighted by atomic mass is 10.0. The number of hydrogen-bond donors (Lipinski definition) is 2. The highest BCUT2D eigenvalue weighted by molar-refractivity contribution is 5.91. The number of anilines is 2. The molecule has 3 aromatic rings. The largest absolute Gasteiger partial charge is 0.489 e. The molecule has 2 N–H and O–H groups in total. The Bertz CT molecular complexity index is 1280. The molecule has 2 atom stereocenters. The van der Waals surface area contributed by atoms with E-state index in [1.165, 1.54) is 12.5 Å². The van der Waals surface area contributed by atoms with Crippen LogP contribution >= 0.6 is 0 Å². The first-order valence-electron chi connectivity index (χ1n) is 13.1. The number of nitrogens with one attached hydrogen (secondary N) is 2. The number of piperazine rings is 1. The second-order valence-electron chi connectivity index (χ2n) is 10.0. The lowest BCUT2D eigenvalue weighted by Gasteiger charge is -2.35. The predicted molar refractivity (Wildman–Crippen MR) is 147 cm³/mol. The number of rotatable bonds is 8. The van der Waals surface area contributed by atoms with E-state index in [1.54, 1.807) is 18.2 Å². The maximum absolute atomic E-state index is 15.2. The first kappa shape index (κ1) is 25.4. The second kappa shape index (κ2) is 11.0. The maximum atomic E-state index is 15.2. The highest BCUT2D eigenvalue weighted by Crippen LogP contribution is 2.36. The van der Waals surface area contributed by atoms with Gasteiger partial charge in [0.25, 0.3) is 0 Å². The number of likely N-dealkylation sites (tertiary alicyclic amines) is 1. The van der Waals surface area contributed by atoms with Crippen molar-refractivity contribution < 1.29 is 9.13 Å². The Hall–Kier alpha value is -3.30. The molecule has 2 fully saturated rings. The van der Waals surface area contributed by atoms with E-state index < -0.39 is 0 Å². The number of likely N-dealkylation sites (N-methyl/N-ethyl adjacent to an activating group) is 1. The Labute approximate surface area is 218 Å². The van der Waals surface area contributed by atoms with Crippen LogP contribution in [0, 0.1) is 12.7 Å². The van der Waals surface area contributed by atoms with Crippen LogP contribution in [-0.2, 0) is 0 Å². The van der Waals surface area contributed by atoms with Crippen molar-refractivity contribution in [3.63, 3.8) is 0 Å². The maximum Gasteiger partial charge on any atom is 0.226 e. The van der Waals surface area contributed by atoms with E-state index in [2.05, 4.69) is 41.0 Å². The van der Waals surface area contributed by atoms with Crippen molar-refractivity contribution in [2.75, 3.05) is 56.6 Å². The molecular formula is C28H36FN7O. The minimum atomic E-state index is -0.385. The molecule has 2 aliphatic heterocycles. The van der Waals surface area contributed by atoms with E-state index in [-0.39, 0.29) is 18.5 Å². The van der Waals surface area contributed by atoms with Gasteiger partial charge in [-0.15, -0.1) is 0 Å². The van der Waals surface area contributed by atoms with Crippen LogP contribution in [0.4, 0.5) is 16.2 Å². The smallest absolute Gasteiger partial charge is 0.226 e. The highest BCUT2D eigenvalue weighted by Gasteiger charge is 2.26. The monoisotopic (exact) mass is 505 g/mol. The molecule has 37 heavy (non-hydrogen) atoms. The molecule has 0 saturated carbocycles. The molecule has 0 bridgehead atoms. The summed E-state index contributed by atoms with van der Waals surface area (Å²) in [5, 5.41) is 7.79. The summed E-state index contributed by atoms with van der Waals surface area (Å²) >= 11 is 0. The van der Waals surface area contributed by atoms with E-state index in [0.717, 1.165) is 55.9 Å². The van der Waals surface area contributed by atoms with E-state index in [0.29, 0.717) is 34.6 Å². The van der Waals surface area contributed by atoms with Gasteiger partial charge in [0.2, 0.25) is 5.95 Å². The van der Waals surface area contributed by atoms with Gasteiger partial charge < -0.3 is 25.2 Å². The van der Waals surface area contributed by atoms with Gasteiger partial charge in [-0.3, -0.25) is 0 Å². The molecule has 0 spiro atoms. The molecule has 8 nitrogen and oxygen atoms in total. The van der Waals surface area contributed by atoms with Crippen molar-refractivity contribution in [3.05, 3.63) is 48.3 Å². The molecule has 5 rings (SSSR count). The van der Waals surface area contributed by atoms with Gasteiger partial charge in [0.15, 0.2) is 5.65 Å². The van der Waals surface area contributed by atoms with Crippen LogP contribution in [0.15, 0.2) is 36.9 Å². The minimum Gasteiger partial charge on any atom is -0.489 e. The van der Waals surface area contributed by atoms with Crippen LogP contribution in [-0.4, -0.2) is 78.3 Å². The fraction of sp³-hybridized carbons (Fsp3) is 0.464. The van der Waals surface area contributed by atoms with E-state index in [1.807, 2.05) is 13.0 Å². The molecule has 9 heteroatoms. The second-order valence-corrected chi connectivity index (χ2v) is 10.0. The number of halogens is 1. The van der Waals surface area contributed by atoms with Gasteiger partial charge in [-0.2, -0.15) is 9.97 Å². The zero-order valence-electron chi connectivity index (χ0n) is 21.9. The summed E-state index contributed by atoms with van der Waals surface area (Å²) in [6.07, 6.45) is 4.00. The third-order valence-corrected chi connectivity index (χ3v) is 7.37. The van der Waals surface area contributed by atoms with Gasteiger partial charge in [0, 0.05) is 38.3 Å². The Morgan fingerprint density at radius 2 is 2.14 bits per heavy atom. The zero-order chi connectivity index (χ0) is 25.9. The minimum absolute atomic E-state index is 0.270. The van der Waals surface area contributed by atoms with Crippen molar-refractivity contribution in [2.24, 2.45) is 0 Å². The molecule has 0 radical (unpaired) electrons. The predicted octanol–water partition coefficient (Wildman–Crippen LogP) is 4.01. The molecule has 196 valence electrons. The molecule has 2 aromatic heterocycles. The summed E-state index contributed by atoms with van der Waals surface area (Å²) in [5.41, 5.74) is 2.23. The summed E-state index contributed by atoms with van der Waals surface area (Å²) in [4.78, 5) is 19.4. The molecule has 4 heterocycles. The Morgan fingerprint density at radius 1 is 1.27 bits per heavy atom. The summed E-state index contributed by atoms with van der Waals surface area (Å²) in [6, 6.07) is 7.57. The van der Waals surface area contributed by atoms with Gasteiger partial charge in [0.05, 0.1) is 16.6 Å². The Balaban J connectivity index is 1.61. The van der Waals surface area contributed by atoms with Crippen LogP contribution in [0.5, 0.6) is 5.75 Å². The number of aromatic nitrogens is 3. The van der Waals surface area contributed by atoms with Crippen molar-refractivity contribution in [3.8, 4) is 17.0 Å². The van der Waals surface area contributed by atoms with Crippen molar-refractivity contribution in [1.82, 2.24) is 25.2 Å². The van der Waals surface area contributed by atoms with Crippen LogP contribution in [0.1, 0.15) is 25.3 Å². The van der Waals surface area contributed by atoms with E-state index >= 15 is 4.39 Å². The molecule has 2 saturated heterocycles. The third-order valence-electron chi connectivity index (χ3n) is 7.37. The lowest BCUT2D eigenvalue weighted by Crippen LogP contribution is -2.50. The number of hydrogen-bond acceptors (Lipinski definition) is 8. The molecular weight excluding hydrogens is 469 g/mol. The normalized spacial score (nSPS) is 20.4. The first-order valence-corrected chi connectivity index (χ1v) is 13.1. The Kier molecular flexibility index (Phi) is 7.53. The summed E-state index contributed by atoms with van der Waals surface area (Å²) < 4.78 is 21.0. The first-order chi connectivity index (χ1) is 18.0. The fourth-order valence-corrected chi connectivity index (χ4v) is 5.30. The van der Waals surface area contributed by atoms with Crippen LogP contribution < -0.4 is 20.3 Å². The van der Waals surface area contributed by atoms with Gasteiger partial charge >= 0.3 is 0 Å². The highest BCUT2D eigenvalue weighted by atomic mass is 19.1. The van der Waals surface area contributed by atoms with Crippen molar-refractivity contribution in [2.45, 2.75) is 38.8 Å². The standard InChI is InChI=1S/C28H36FN7O/c1-5-14-37-23-10-6-9-22(29)24(23)25-18(2)15-21-26(32-25)33-28(31-17-20-8-7-12-35(20)4)34-27(21)36-13-11-30-16-19(36)3/h5-6,9-10,15,19-20,30H,1,7-8,11-14,16-17H2,2-4H3,(H,31,32,33,34)/t19-,20+/m1/s1. The van der Waals surface area contributed by atoms with Crippen LogP contribution in [0.3, 0.4) is 0 Å². The lowest BCUT2D eigenvalue weighted by molar-refractivity contribution is 0.322. The number of benzene rings is 1.